The number of ether oxygens (including phenoxy) is 1. The normalized spacial score (nSPS) is 10.5. The molecule has 9 heteroatoms. The fourth-order valence-corrected chi connectivity index (χ4v) is 2.10. The van der Waals surface area contributed by atoms with Crippen LogP contribution in [0.5, 0.6) is 5.75 Å². The van der Waals surface area contributed by atoms with Crippen molar-refractivity contribution in [1.29, 1.82) is 0 Å². The Morgan fingerprint density at radius 1 is 1.00 bits per heavy atom. The standard InChI is InChI=1S/C14H9ClF4N2OS/c15-9-5-7(2-4-12(9)22-13(18)19)20-14(23)21-8-1-3-10(16)11(17)6-8/h1-6,13H,(H2,20,21,23). The van der Waals surface area contributed by atoms with Crippen molar-refractivity contribution in [2.45, 2.75) is 6.61 Å². The number of anilines is 2. The van der Waals surface area contributed by atoms with Gasteiger partial charge in [0.25, 0.3) is 0 Å². The SMILES string of the molecule is Fc1ccc(NC(=S)Nc2ccc(OC(F)F)c(Cl)c2)cc1F. The predicted octanol–water partition coefficient (Wildman–Crippen LogP) is 5.03. The molecule has 2 aromatic carbocycles. The number of halogens is 5. The van der Waals surface area contributed by atoms with E-state index in [9.17, 15) is 17.6 Å². The van der Waals surface area contributed by atoms with Crippen LogP contribution >= 0.6 is 23.8 Å². The van der Waals surface area contributed by atoms with E-state index in [1.807, 2.05) is 0 Å². The fraction of sp³-hybridized carbons (Fsp3) is 0.0714. The Labute approximate surface area is 139 Å². The van der Waals surface area contributed by atoms with Crippen LogP contribution in [0.15, 0.2) is 36.4 Å². The topological polar surface area (TPSA) is 33.3 Å². The average molecular weight is 365 g/mol. The Kier molecular flexibility index (Phi) is 5.62. The molecule has 23 heavy (non-hydrogen) atoms. The number of hydrogen-bond acceptors (Lipinski definition) is 2. The van der Waals surface area contributed by atoms with Crippen molar-refractivity contribution in [2.75, 3.05) is 10.6 Å². The Balaban J connectivity index is 2.02. The zero-order valence-corrected chi connectivity index (χ0v) is 12.8. The van der Waals surface area contributed by atoms with Crippen LogP contribution < -0.4 is 15.4 Å². The van der Waals surface area contributed by atoms with Gasteiger partial charge < -0.3 is 15.4 Å². The van der Waals surface area contributed by atoms with Crippen LogP contribution in [0.25, 0.3) is 0 Å². The first kappa shape index (κ1) is 17.3. The van der Waals surface area contributed by atoms with Crippen molar-refractivity contribution in [2.24, 2.45) is 0 Å². The first-order valence-electron chi connectivity index (χ1n) is 6.12. The summed E-state index contributed by atoms with van der Waals surface area (Å²) in [5.74, 6) is -2.17. The van der Waals surface area contributed by atoms with Crippen LogP contribution in [0.4, 0.5) is 28.9 Å². The summed E-state index contributed by atoms with van der Waals surface area (Å²) in [6.45, 7) is -2.98. The van der Waals surface area contributed by atoms with E-state index in [4.69, 9.17) is 23.8 Å². The van der Waals surface area contributed by atoms with E-state index in [0.717, 1.165) is 12.1 Å². The minimum Gasteiger partial charge on any atom is -0.433 e. The summed E-state index contributed by atoms with van der Waals surface area (Å²) in [4.78, 5) is 0. The lowest BCUT2D eigenvalue weighted by Gasteiger charge is -2.12. The molecule has 0 aromatic heterocycles. The molecule has 0 radical (unpaired) electrons. The van der Waals surface area contributed by atoms with E-state index in [1.54, 1.807) is 0 Å². The molecule has 0 fully saturated rings. The Morgan fingerprint density at radius 2 is 1.61 bits per heavy atom. The van der Waals surface area contributed by atoms with Crippen molar-refractivity contribution in [3.8, 4) is 5.75 Å². The molecule has 0 saturated carbocycles. The fourth-order valence-electron chi connectivity index (χ4n) is 1.64. The Bertz CT molecular complexity index is 730. The second kappa shape index (κ2) is 7.47. The molecular formula is C14H9ClF4N2OS. The van der Waals surface area contributed by atoms with Crippen LogP contribution in [0, 0.1) is 11.6 Å². The third-order valence-corrected chi connectivity index (χ3v) is 3.08. The molecule has 0 spiro atoms. The van der Waals surface area contributed by atoms with E-state index in [1.165, 1.54) is 24.3 Å². The van der Waals surface area contributed by atoms with Gasteiger partial charge in [0.15, 0.2) is 16.7 Å². The molecule has 0 amide bonds. The van der Waals surface area contributed by atoms with E-state index >= 15 is 0 Å². The first-order valence-corrected chi connectivity index (χ1v) is 6.91. The van der Waals surface area contributed by atoms with Gasteiger partial charge in [-0.25, -0.2) is 8.78 Å². The van der Waals surface area contributed by atoms with Gasteiger partial charge in [0.1, 0.15) is 5.75 Å². The smallest absolute Gasteiger partial charge is 0.387 e. The largest absolute Gasteiger partial charge is 0.433 e. The van der Waals surface area contributed by atoms with Gasteiger partial charge in [0.2, 0.25) is 0 Å². The highest BCUT2D eigenvalue weighted by Gasteiger charge is 2.10. The molecule has 3 nitrogen and oxygen atoms in total. The minimum absolute atomic E-state index is 0.0362. The summed E-state index contributed by atoms with van der Waals surface area (Å²) < 4.78 is 54.4. The molecule has 0 saturated heterocycles. The average Bonchev–Trinajstić information content (AvgIpc) is 2.45. The number of hydrogen-bond donors (Lipinski definition) is 2. The lowest BCUT2D eigenvalue weighted by Crippen LogP contribution is -2.19. The van der Waals surface area contributed by atoms with E-state index in [2.05, 4.69) is 15.4 Å². The highest BCUT2D eigenvalue weighted by atomic mass is 35.5. The van der Waals surface area contributed by atoms with Gasteiger partial charge in [-0.15, -0.1) is 0 Å². The molecule has 0 unspecified atom stereocenters. The molecular weight excluding hydrogens is 356 g/mol. The molecule has 122 valence electrons. The second-order valence-corrected chi connectivity index (χ2v) is 5.05. The number of thiocarbonyl (C=S) groups is 1. The summed E-state index contributed by atoms with van der Waals surface area (Å²) in [6.07, 6.45) is 0. The van der Waals surface area contributed by atoms with E-state index in [-0.39, 0.29) is 21.6 Å². The van der Waals surface area contributed by atoms with Crippen molar-refractivity contribution in [3.05, 3.63) is 53.1 Å². The first-order chi connectivity index (χ1) is 10.8. The van der Waals surface area contributed by atoms with Gasteiger partial charge in [-0.3, -0.25) is 0 Å². The van der Waals surface area contributed by atoms with Gasteiger partial charge in [0.05, 0.1) is 5.02 Å². The number of nitrogens with one attached hydrogen (secondary N) is 2. The maximum atomic E-state index is 13.1. The summed E-state index contributed by atoms with van der Waals surface area (Å²) in [5, 5.41) is 5.41. The van der Waals surface area contributed by atoms with Gasteiger partial charge in [-0.2, -0.15) is 8.78 Å². The van der Waals surface area contributed by atoms with Crippen LogP contribution in [-0.2, 0) is 0 Å². The molecule has 2 aromatic rings. The van der Waals surface area contributed by atoms with Crippen LogP contribution in [0.1, 0.15) is 0 Å². The highest BCUT2D eigenvalue weighted by molar-refractivity contribution is 7.80. The van der Waals surface area contributed by atoms with Crippen molar-refractivity contribution in [1.82, 2.24) is 0 Å². The van der Waals surface area contributed by atoms with E-state index in [0.29, 0.717) is 5.69 Å². The molecule has 0 aliphatic rings. The van der Waals surface area contributed by atoms with Crippen molar-refractivity contribution in [3.63, 3.8) is 0 Å². The number of benzene rings is 2. The summed E-state index contributed by atoms with van der Waals surface area (Å²) in [7, 11) is 0. The number of rotatable bonds is 4. The lowest BCUT2D eigenvalue weighted by atomic mass is 10.3. The molecule has 2 N–H and O–H groups in total. The highest BCUT2D eigenvalue weighted by Crippen LogP contribution is 2.29. The van der Waals surface area contributed by atoms with E-state index < -0.39 is 18.2 Å². The lowest BCUT2D eigenvalue weighted by molar-refractivity contribution is -0.0497. The van der Waals surface area contributed by atoms with Gasteiger partial charge in [-0.1, -0.05) is 11.6 Å². The van der Waals surface area contributed by atoms with Crippen LogP contribution in [-0.4, -0.2) is 11.7 Å². The molecule has 0 atom stereocenters. The summed E-state index contributed by atoms with van der Waals surface area (Å²) in [6, 6.07) is 7.20. The maximum absolute atomic E-state index is 13.1. The van der Waals surface area contributed by atoms with Crippen LogP contribution in [0.3, 0.4) is 0 Å². The van der Waals surface area contributed by atoms with Crippen LogP contribution in [0.2, 0.25) is 5.02 Å². The zero-order chi connectivity index (χ0) is 17.0. The zero-order valence-electron chi connectivity index (χ0n) is 11.2. The second-order valence-electron chi connectivity index (χ2n) is 4.23. The predicted molar refractivity (Wildman–Crippen MR) is 84.3 cm³/mol. The monoisotopic (exact) mass is 364 g/mol. The van der Waals surface area contributed by atoms with Gasteiger partial charge in [-0.05, 0) is 42.5 Å². The maximum Gasteiger partial charge on any atom is 0.387 e. The van der Waals surface area contributed by atoms with Gasteiger partial charge >= 0.3 is 6.61 Å². The summed E-state index contributed by atoms with van der Waals surface area (Å²) in [5.41, 5.74) is 0.641. The number of alkyl halides is 2. The quantitative estimate of drug-likeness (QED) is 0.589. The molecule has 0 bridgehead atoms. The summed E-state index contributed by atoms with van der Waals surface area (Å²) >= 11 is 10.8. The third-order valence-electron chi connectivity index (χ3n) is 2.58. The third kappa shape index (κ3) is 4.97. The molecule has 0 heterocycles. The molecule has 0 aliphatic heterocycles. The van der Waals surface area contributed by atoms with Gasteiger partial charge in [0, 0.05) is 17.4 Å². The van der Waals surface area contributed by atoms with Crippen molar-refractivity contribution < 1.29 is 22.3 Å². The Hall–Kier alpha value is -2.06. The minimum atomic E-state index is -2.98. The Morgan fingerprint density at radius 3 is 2.17 bits per heavy atom. The molecule has 2 rings (SSSR count). The molecule has 0 aliphatic carbocycles. The van der Waals surface area contributed by atoms with Crippen molar-refractivity contribution >= 4 is 40.3 Å².